The highest BCUT2D eigenvalue weighted by atomic mass is 32.2. The summed E-state index contributed by atoms with van der Waals surface area (Å²) in [7, 11) is -5.74. The van der Waals surface area contributed by atoms with Crippen molar-refractivity contribution in [1.82, 2.24) is 0 Å². The van der Waals surface area contributed by atoms with Crippen molar-refractivity contribution in [3.05, 3.63) is 70.3 Å². The van der Waals surface area contributed by atoms with E-state index < -0.39 is 26.6 Å². The summed E-state index contributed by atoms with van der Waals surface area (Å²) in [6.07, 6.45) is 6.32. The third-order valence-corrected chi connectivity index (χ3v) is 8.14. The van der Waals surface area contributed by atoms with Crippen LogP contribution >= 0.6 is 0 Å². The summed E-state index contributed by atoms with van der Waals surface area (Å²) in [6.45, 7) is 8.67. The van der Waals surface area contributed by atoms with Gasteiger partial charge in [0.1, 0.15) is 5.75 Å². The molecule has 0 atom stereocenters. The molecule has 0 unspecified atom stereocenters. The Morgan fingerprint density at radius 1 is 1.00 bits per heavy atom. The van der Waals surface area contributed by atoms with E-state index in [0.29, 0.717) is 31.6 Å². The smallest absolute Gasteiger partial charge is 0.386 e. The molecule has 9 heteroatoms. The summed E-state index contributed by atoms with van der Waals surface area (Å²) < 4.78 is 70.9. The molecule has 1 fully saturated rings. The third kappa shape index (κ3) is 5.79. The normalized spacial score (nSPS) is 16.9. The number of aryl methyl sites for hydroxylation is 2. The Hall–Kier alpha value is -2.36. The summed E-state index contributed by atoms with van der Waals surface area (Å²) in [6, 6.07) is 10.7. The fourth-order valence-electron chi connectivity index (χ4n) is 4.74. The lowest BCUT2D eigenvalue weighted by atomic mass is 9.70. The molecule has 0 saturated carbocycles. The van der Waals surface area contributed by atoms with Crippen LogP contribution in [0.2, 0.25) is 0 Å². The molecule has 1 aliphatic heterocycles. The van der Waals surface area contributed by atoms with E-state index in [0.717, 1.165) is 35.1 Å². The number of benzene rings is 2. The second-order valence-electron chi connectivity index (χ2n) is 9.37. The molecule has 0 radical (unpaired) electrons. The van der Waals surface area contributed by atoms with Crippen molar-refractivity contribution in [2.45, 2.75) is 69.9 Å². The molecular weight excluding hydrogens is 493 g/mol. The second kappa shape index (κ2) is 10.6. The van der Waals surface area contributed by atoms with Crippen molar-refractivity contribution in [2.24, 2.45) is 0 Å². The maximum atomic E-state index is 12.8. The van der Waals surface area contributed by atoms with Crippen LogP contribution in [0.5, 0.6) is 5.75 Å². The molecule has 0 spiro atoms. The van der Waals surface area contributed by atoms with E-state index in [4.69, 9.17) is 4.74 Å². The van der Waals surface area contributed by atoms with Gasteiger partial charge in [-0.1, -0.05) is 56.3 Å². The standard InChI is InChI=1S/C27H33F3O5S/c1-5-26(6-2,23-9-10-24(20(4)18-23)35-36(32,33)27(28,29)30)22-8-7-21(19(3)17-22)11-12-25(31)13-15-34-16-14-25/h7-12,17-18,31H,5-6,13-16H2,1-4H3/b12-11+. The molecular formula is C27H33F3O5S. The van der Waals surface area contributed by atoms with E-state index in [1.165, 1.54) is 13.0 Å². The number of halogens is 3. The Morgan fingerprint density at radius 2 is 1.56 bits per heavy atom. The second-order valence-corrected chi connectivity index (χ2v) is 10.9. The maximum Gasteiger partial charge on any atom is 0.534 e. The molecule has 198 valence electrons. The maximum absolute atomic E-state index is 12.8. The predicted molar refractivity (Wildman–Crippen MR) is 133 cm³/mol. The first-order valence-corrected chi connectivity index (χ1v) is 13.4. The molecule has 1 aliphatic rings. The quantitative estimate of drug-likeness (QED) is 0.328. The van der Waals surface area contributed by atoms with Gasteiger partial charge in [-0.05, 0) is 60.6 Å². The first-order chi connectivity index (χ1) is 16.8. The van der Waals surface area contributed by atoms with Crippen LogP contribution in [0.25, 0.3) is 6.08 Å². The van der Waals surface area contributed by atoms with E-state index in [9.17, 15) is 26.7 Å². The topological polar surface area (TPSA) is 72.8 Å². The molecule has 5 nitrogen and oxygen atoms in total. The lowest BCUT2D eigenvalue weighted by molar-refractivity contribution is -0.0500. The van der Waals surface area contributed by atoms with Gasteiger partial charge in [-0.25, -0.2) is 0 Å². The summed E-state index contributed by atoms with van der Waals surface area (Å²) in [5.41, 5.74) is -2.59. The van der Waals surface area contributed by atoms with Crippen LogP contribution < -0.4 is 4.18 Å². The van der Waals surface area contributed by atoms with E-state index >= 15 is 0 Å². The Labute approximate surface area is 211 Å². The minimum atomic E-state index is -5.74. The fourth-order valence-corrected chi connectivity index (χ4v) is 5.25. The van der Waals surface area contributed by atoms with Crippen LogP contribution in [0.15, 0.2) is 42.5 Å². The molecule has 0 aliphatic carbocycles. The zero-order valence-electron chi connectivity index (χ0n) is 21.0. The molecule has 0 bridgehead atoms. The molecule has 1 heterocycles. The fraction of sp³-hybridized carbons (Fsp3) is 0.481. The highest BCUT2D eigenvalue weighted by Gasteiger charge is 2.48. The average Bonchev–Trinajstić information content (AvgIpc) is 2.81. The van der Waals surface area contributed by atoms with Crippen molar-refractivity contribution < 1.29 is 35.6 Å². The van der Waals surface area contributed by atoms with Crippen LogP contribution in [0.4, 0.5) is 13.2 Å². The van der Waals surface area contributed by atoms with Crippen molar-refractivity contribution >= 4 is 16.2 Å². The Kier molecular flexibility index (Phi) is 8.27. The number of alkyl halides is 3. The number of ether oxygens (including phenoxy) is 1. The van der Waals surface area contributed by atoms with Crippen molar-refractivity contribution in [3.63, 3.8) is 0 Å². The van der Waals surface area contributed by atoms with Gasteiger partial charge in [0.25, 0.3) is 0 Å². The molecule has 36 heavy (non-hydrogen) atoms. The first-order valence-electron chi connectivity index (χ1n) is 12.0. The van der Waals surface area contributed by atoms with E-state index in [1.54, 1.807) is 12.1 Å². The molecule has 2 aromatic rings. The van der Waals surface area contributed by atoms with Gasteiger partial charge in [-0.15, -0.1) is 0 Å². The van der Waals surface area contributed by atoms with Gasteiger partial charge in [-0.3, -0.25) is 0 Å². The van der Waals surface area contributed by atoms with Gasteiger partial charge in [0.2, 0.25) is 0 Å². The molecule has 1 saturated heterocycles. The van der Waals surface area contributed by atoms with Crippen molar-refractivity contribution in [2.75, 3.05) is 13.2 Å². The van der Waals surface area contributed by atoms with Crippen LogP contribution in [-0.4, -0.2) is 37.8 Å². The summed E-state index contributed by atoms with van der Waals surface area (Å²) in [5, 5.41) is 10.7. The SMILES string of the molecule is CCC(CC)(c1ccc(/C=C/C2(O)CCOCC2)c(C)c1)c1ccc(OS(=O)(=O)C(F)(F)F)c(C)c1. The summed E-state index contributed by atoms with van der Waals surface area (Å²) in [5.74, 6) is -0.347. The number of hydrogen-bond acceptors (Lipinski definition) is 5. The van der Waals surface area contributed by atoms with Crippen LogP contribution in [0, 0.1) is 13.8 Å². The van der Waals surface area contributed by atoms with E-state index in [2.05, 4.69) is 10.2 Å². The lowest BCUT2D eigenvalue weighted by Gasteiger charge is -2.34. The van der Waals surface area contributed by atoms with Gasteiger partial charge >= 0.3 is 15.6 Å². The zero-order valence-corrected chi connectivity index (χ0v) is 21.8. The van der Waals surface area contributed by atoms with Gasteiger partial charge in [0.05, 0.1) is 5.60 Å². The summed E-state index contributed by atoms with van der Waals surface area (Å²) >= 11 is 0. The third-order valence-electron chi connectivity index (χ3n) is 7.17. The minimum absolute atomic E-state index is 0.299. The highest BCUT2D eigenvalue weighted by Crippen LogP contribution is 2.41. The predicted octanol–water partition coefficient (Wildman–Crippen LogP) is 6.19. The molecule has 3 rings (SSSR count). The van der Waals surface area contributed by atoms with Crippen LogP contribution in [0.3, 0.4) is 0 Å². The van der Waals surface area contributed by atoms with E-state index in [1.807, 2.05) is 45.1 Å². The zero-order chi connectivity index (χ0) is 26.8. The van der Waals surface area contributed by atoms with Gasteiger partial charge < -0.3 is 14.0 Å². The molecule has 2 aromatic carbocycles. The monoisotopic (exact) mass is 526 g/mol. The lowest BCUT2D eigenvalue weighted by Crippen LogP contribution is -2.33. The Bertz CT molecular complexity index is 1210. The average molecular weight is 527 g/mol. The molecule has 1 N–H and O–H groups in total. The van der Waals surface area contributed by atoms with Crippen LogP contribution in [-0.2, 0) is 20.3 Å². The number of rotatable bonds is 8. The Morgan fingerprint density at radius 3 is 2.06 bits per heavy atom. The molecule has 0 aromatic heterocycles. The van der Waals surface area contributed by atoms with Crippen molar-refractivity contribution in [3.8, 4) is 5.75 Å². The number of aliphatic hydroxyl groups is 1. The minimum Gasteiger partial charge on any atom is -0.386 e. The van der Waals surface area contributed by atoms with Crippen LogP contribution in [0.1, 0.15) is 67.3 Å². The summed E-state index contributed by atoms with van der Waals surface area (Å²) in [4.78, 5) is 0. The van der Waals surface area contributed by atoms with Gasteiger partial charge in [-0.2, -0.15) is 21.6 Å². The number of hydrogen-bond donors (Lipinski definition) is 1. The molecule has 0 amide bonds. The van der Waals surface area contributed by atoms with Gasteiger partial charge in [0, 0.05) is 31.5 Å². The highest BCUT2D eigenvalue weighted by molar-refractivity contribution is 7.88. The van der Waals surface area contributed by atoms with Gasteiger partial charge in [0.15, 0.2) is 0 Å². The largest absolute Gasteiger partial charge is 0.534 e. The van der Waals surface area contributed by atoms with Crippen molar-refractivity contribution in [1.29, 1.82) is 0 Å². The first kappa shape index (κ1) is 28.2. The Balaban J connectivity index is 1.94. The van der Waals surface area contributed by atoms with E-state index in [-0.39, 0.29) is 5.75 Å².